The van der Waals surface area contributed by atoms with Crippen LogP contribution in [-0.2, 0) is 19.1 Å². The molecule has 2 saturated heterocycles. The minimum atomic E-state index is -1.42. The predicted molar refractivity (Wildman–Crippen MR) is 69.8 cm³/mol. The van der Waals surface area contributed by atoms with Crippen molar-refractivity contribution < 1.29 is 23.9 Å². The van der Waals surface area contributed by atoms with Gasteiger partial charge in [0.15, 0.2) is 6.04 Å². The van der Waals surface area contributed by atoms with E-state index >= 15 is 0 Å². The van der Waals surface area contributed by atoms with E-state index in [-0.39, 0.29) is 13.2 Å². The number of nitrogens with zero attached hydrogens (tertiary/aromatic N) is 1. The van der Waals surface area contributed by atoms with Crippen LogP contribution in [0.1, 0.15) is 19.8 Å². The summed E-state index contributed by atoms with van der Waals surface area (Å²) in [5.41, 5.74) is 4.45. The van der Waals surface area contributed by atoms with E-state index in [1.807, 2.05) is 0 Å². The van der Waals surface area contributed by atoms with Crippen LogP contribution >= 0.6 is 0 Å². The third-order valence-electron chi connectivity index (χ3n) is 3.63. The lowest BCUT2D eigenvalue weighted by molar-refractivity contribution is -0.151. The summed E-state index contributed by atoms with van der Waals surface area (Å²) >= 11 is 0. The van der Waals surface area contributed by atoms with Crippen molar-refractivity contribution in [1.82, 2.24) is 15.5 Å². The van der Waals surface area contributed by atoms with Crippen LogP contribution in [0.4, 0.5) is 4.79 Å². The third kappa shape index (κ3) is 2.82. The van der Waals surface area contributed by atoms with Gasteiger partial charge >= 0.3 is 12.0 Å². The second-order valence-electron chi connectivity index (χ2n) is 5.08. The molecule has 9 nitrogen and oxygen atoms in total. The van der Waals surface area contributed by atoms with Gasteiger partial charge in [0.05, 0.1) is 13.2 Å². The monoisotopic (exact) mass is 298 g/mol. The van der Waals surface area contributed by atoms with Gasteiger partial charge in [0.25, 0.3) is 11.8 Å². The summed E-state index contributed by atoms with van der Waals surface area (Å²) in [5.74, 6) is -1.88. The molecule has 0 aromatic heterocycles. The molecule has 2 rings (SSSR count). The predicted octanol–water partition coefficient (Wildman–Crippen LogP) is -1.92. The van der Waals surface area contributed by atoms with E-state index in [1.54, 1.807) is 6.92 Å². The largest absolute Gasteiger partial charge is 0.464 e. The van der Waals surface area contributed by atoms with Gasteiger partial charge in [-0.2, -0.15) is 0 Å². The van der Waals surface area contributed by atoms with Crippen molar-refractivity contribution in [3.05, 3.63) is 0 Å². The van der Waals surface area contributed by atoms with Crippen LogP contribution in [0.3, 0.4) is 0 Å². The molecule has 4 amide bonds. The highest BCUT2D eigenvalue weighted by molar-refractivity contribution is 6.08. The van der Waals surface area contributed by atoms with Gasteiger partial charge in [-0.1, -0.05) is 0 Å². The Balaban J connectivity index is 2.07. The molecular weight excluding hydrogens is 280 g/mol. The van der Waals surface area contributed by atoms with E-state index < -0.39 is 35.4 Å². The van der Waals surface area contributed by atoms with Gasteiger partial charge < -0.3 is 20.7 Å². The number of urea groups is 1. The van der Waals surface area contributed by atoms with Gasteiger partial charge in [0.2, 0.25) is 0 Å². The molecule has 2 atom stereocenters. The molecule has 2 fully saturated rings. The Bertz CT molecular complexity index is 494. The number of nitrogens with two attached hydrogens (primary N) is 1. The molecule has 2 unspecified atom stereocenters. The van der Waals surface area contributed by atoms with Crippen LogP contribution in [0.25, 0.3) is 0 Å². The lowest BCUT2D eigenvalue weighted by Crippen LogP contribution is -2.62. The highest BCUT2D eigenvalue weighted by atomic mass is 16.5. The highest BCUT2D eigenvalue weighted by Crippen LogP contribution is 2.24. The Hall–Kier alpha value is -2.16. The third-order valence-corrected chi connectivity index (χ3v) is 3.63. The fourth-order valence-corrected chi connectivity index (χ4v) is 2.59. The molecule has 21 heavy (non-hydrogen) atoms. The Labute approximate surface area is 121 Å². The summed E-state index contributed by atoms with van der Waals surface area (Å²) in [6.45, 7) is 2.11. The van der Waals surface area contributed by atoms with Gasteiger partial charge in [-0.05, 0) is 19.8 Å². The van der Waals surface area contributed by atoms with Crippen molar-refractivity contribution in [2.45, 2.75) is 31.3 Å². The molecule has 4 N–H and O–H groups in total. The first kappa shape index (κ1) is 15.2. The van der Waals surface area contributed by atoms with Gasteiger partial charge in [-0.3, -0.25) is 14.9 Å². The van der Waals surface area contributed by atoms with E-state index in [0.717, 1.165) is 0 Å². The quantitative estimate of drug-likeness (QED) is 0.316. The standard InChI is InChI=1S/C12H18N4O5/c1-2-21-9(18)7(13)8(17)16-5-3-4-12(6-16)10(19)14-11(20)15-12/h7H,2-6,13H2,1H3,(H2,14,15,19,20). The molecule has 9 heteroatoms. The van der Waals surface area contributed by atoms with Crippen LogP contribution in [0, 0.1) is 0 Å². The Morgan fingerprint density at radius 1 is 1.48 bits per heavy atom. The molecule has 2 aliphatic heterocycles. The van der Waals surface area contributed by atoms with Crippen LogP contribution in [0.2, 0.25) is 0 Å². The first-order valence-electron chi connectivity index (χ1n) is 6.74. The molecule has 0 radical (unpaired) electrons. The van der Waals surface area contributed by atoms with Crippen molar-refractivity contribution >= 4 is 23.8 Å². The van der Waals surface area contributed by atoms with E-state index in [0.29, 0.717) is 19.4 Å². The van der Waals surface area contributed by atoms with Crippen LogP contribution in [0.15, 0.2) is 0 Å². The Kier molecular flexibility index (Phi) is 4.12. The first-order chi connectivity index (χ1) is 9.89. The summed E-state index contributed by atoms with van der Waals surface area (Å²) < 4.78 is 4.71. The summed E-state index contributed by atoms with van der Waals surface area (Å²) in [7, 11) is 0. The van der Waals surface area contributed by atoms with Crippen molar-refractivity contribution in [2.75, 3.05) is 19.7 Å². The second-order valence-corrected chi connectivity index (χ2v) is 5.08. The Morgan fingerprint density at radius 3 is 2.76 bits per heavy atom. The molecule has 0 aromatic carbocycles. The highest BCUT2D eigenvalue weighted by Gasteiger charge is 2.50. The maximum absolute atomic E-state index is 12.2. The maximum Gasteiger partial charge on any atom is 0.332 e. The molecule has 0 aromatic rings. The molecule has 0 bridgehead atoms. The van der Waals surface area contributed by atoms with Gasteiger partial charge in [0.1, 0.15) is 5.54 Å². The molecule has 2 heterocycles. The van der Waals surface area contributed by atoms with Crippen molar-refractivity contribution in [3.63, 3.8) is 0 Å². The maximum atomic E-state index is 12.2. The lowest BCUT2D eigenvalue weighted by Gasteiger charge is -2.38. The van der Waals surface area contributed by atoms with E-state index in [9.17, 15) is 19.2 Å². The SMILES string of the molecule is CCOC(=O)C(N)C(=O)N1CCCC2(C1)NC(=O)NC2=O. The number of nitrogens with one attached hydrogen (secondary N) is 2. The van der Waals surface area contributed by atoms with E-state index in [2.05, 4.69) is 10.6 Å². The number of esters is 1. The number of carbonyl (C=O) groups excluding carboxylic acids is 4. The average Bonchev–Trinajstić information content (AvgIpc) is 2.71. The summed E-state index contributed by atoms with van der Waals surface area (Å²) in [6, 6.07) is -2.00. The number of amides is 4. The van der Waals surface area contributed by atoms with Gasteiger partial charge in [0, 0.05) is 6.54 Å². The van der Waals surface area contributed by atoms with Gasteiger partial charge in [-0.25, -0.2) is 9.59 Å². The Morgan fingerprint density at radius 2 is 2.19 bits per heavy atom. The first-order valence-corrected chi connectivity index (χ1v) is 6.74. The van der Waals surface area contributed by atoms with Crippen LogP contribution in [-0.4, -0.2) is 60.0 Å². The lowest BCUT2D eigenvalue weighted by atomic mass is 9.89. The van der Waals surface area contributed by atoms with Gasteiger partial charge in [-0.15, -0.1) is 0 Å². The smallest absolute Gasteiger partial charge is 0.332 e. The summed E-state index contributed by atoms with van der Waals surface area (Å²) in [6.07, 6.45) is 0.956. The zero-order valence-electron chi connectivity index (χ0n) is 11.7. The molecule has 0 aliphatic carbocycles. The van der Waals surface area contributed by atoms with Crippen LogP contribution < -0.4 is 16.4 Å². The molecule has 1 spiro atoms. The molecule has 116 valence electrons. The summed E-state index contributed by atoms with van der Waals surface area (Å²) in [4.78, 5) is 48.2. The molecule has 0 saturated carbocycles. The normalized spacial score (nSPS) is 26.3. The second kappa shape index (κ2) is 5.68. The molecule has 2 aliphatic rings. The number of likely N-dealkylation sites (tertiary alicyclic amines) is 1. The van der Waals surface area contributed by atoms with Crippen molar-refractivity contribution in [1.29, 1.82) is 0 Å². The number of piperidine rings is 1. The fourth-order valence-electron chi connectivity index (χ4n) is 2.59. The minimum Gasteiger partial charge on any atom is -0.464 e. The average molecular weight is 298 g/mol. The van der Waals surface area contributed by atoms with Crippen molar-refractivity contribution in [2.24, 2.45) is 5.73 Å². The number of hydrogen-bond donors (Lipinski definition) is 3. The summed E-state index contributed by atoms with van der Waals surface area (Å²) in [5, 5.41) is 4.71. The van der Waals surface area contributed by atoms with E-state index in [4.69, 9.17) is 10.5 Å². The topological polar surface area (TPSA) is 131 Å². The number of rotatable bonds is 3. The number of imide groups is 1. The van der Waals surface area contributed by atoms with Crippen molar-refractivity contribution in [3.8, 4) is 0 Å². The number of ether oxygens (including phenoxy) is 1. The van der Waals surface area contributed by atoms with E-state index in [1.165, 1.54) is 4.90 Å². The zero-order valence-corrected chi connectivity index (χ0v) is 11.7. The molecular formula is C12H18N4O5. The number of hydrogen-bond acceptors (Lipinski definition) is 6. The fraction of sp³-hybridized carbons (Fsp3) is 0.667. The minimum absolute atomic E-state index is 0.00346. The number of carbonyl (C=O) groups is 4. The zero-order chi connectivity index (χ0) is 15.6. The van der Waals surface area contributed by atoms with Crippen LogP contribution in [0.5, 0.6) is 0 Å².